The van der Waals surface area contributed by atoms with E-state index in [0.29, 0.717) is 4.90 Å². The molecule has 1 rings (SSSR count). The molecule has 0 aliphatic heterocycles. The molecule has 0 aliphatic carbocycles. The number of hydrogen-bond donors (Lipinski definition) is 2. The number of rotatable bonds is 3. The van der Waals surface area contributed by atoms with Crippen LogP contribution in [0.1, 0.15) is 10.4 Å². The number of alkyl halides is 3. The Morgan fingerprint density at radius 3 is 2.50 bits per heavy atom. The molecule has 0 spiro atoms. The average molecular weight is 311 g/mol. The summed E-state index contributed by atoms with van der Waals surface area (Å²) in [6.07, 6.45) is -4.55. The zero-order valence-electron chi connectivity index (χ0n) is 10.2. The molecule has 110 valence electrons. The van der Waals surface area contributed by atoms with Gasteiger partial charge < -0.3 is 15.3 Å². The number of amides is 2. The molecule has 1 aromatic rings. The quantitative estimate of drug-likeness (QED) is 0.901. The van der Waals surface area contributed by atoms with Crippen LogP contribution in [0.25, 0.3) is 0 Å². The molecule has 0 radical (unpaired) electrons. The van der Waals surface area contributed by atoms with Crippen molar-refractivity contribution in [3.05, 3.63) is 28.8 Å². The van der Waals surface area contributed by atoms with Crippen molar-refractivity contribution in [1.29, 1.82) is 0 Å². The van der Waals surface area contributed by atoms with E-state index in [1.54, 1.807) is 0 Å². The molecule has 2 N–H and O–H groups in total. The molecule has 20 heavy (non-hydrogen) atoms. The third-order valence-electron chi connectivity index (χ3n) is 2.23. The lowest BCUT2D eigenvalue weighted by atomic mass is 10.2. The minimum Gasteiger partial charge on any atom is -0.478 e. The predicted molar refractivity (Wildman–Crippen MR) is 66.1 cm³/mol. The first kappa shape index (κ1) is 16.1. The zero-order chi connectivity index (χ0) is 15.5. The lowest BCUT2D eigenvalue weighted by Crippen LogP contribution is -2.38. The fraction of sp³-hybridized carbons (Fsp3) is 0.273. The maximum absolute atomic E-state index is 12.1. The van der Waals surface area contributed by atoms with Crippen molar-refractivity contribution in [3.8, 4) is 0 Å². The molecule has 5 nitrogen and oxygen atoms in total. The first-order valence-electron chi connectivity index (χ1n) is 5.22. The SMILES string of the molecule is CN(CC(F)(F)F)C(=O)Nc1cccc(Cl)c1C(=O)O. The molecule has 0 atom stereocenters. The maximum Gasteiger partial charge on any atom is 0.406 e. The van der Waals surface area contributed by atoms with E-state index >= 15 is 0 Å². The molecule has 2 amide bonds. The normalized spacial score (nSPS) is 11.1. The molecule has 0 heterocycles. The van der Waals surface area contributed by atoms with Crippen molar-refractivity contribution >= 4 is 29.3 Å². The number of halogens is 4. The fourth-order valence-corrected chi connectivity index (χ4v) is 1.65. The Morgan fingerprint density at radius 1 is 1.40 bits per heavy atom. The number of benzene rings is 1. The van der Waals surface area contributed by atoms with E-state index in [0.717, 1.165) is 7.05 Å². The largest absolute Gasteiger partial charge is 0.478 e. The van der Waals surface area contributed by atoms with Crippen molar-refractivity contribution in [2.75, 3.05) is 18.9 Å². The van der Waals surface area contributed by atoms with Gasteiger partial charge in [0.05, 0.1) is 10.7 Å². The van der Waals surface area contributed by atoms with Crippen LogP contribution in [0.2, 0.25) is 5.02 Å². The van der Waals surface area contributed by atoms with Gasteiger partial charge in [-0.25, -0.2) is 9.59 Å². The maximum atomic E-state index is 12.1. The summed E-state index contributed by atoms with van der Waals surface area (Å²) in [5, 5.41) is 10.9. The van der Waals surface area contributed by atoms with E-state index in [4.69, 9.17) is 16.7 Å². The van der Waals surface area contributed by atoms with Crippen LogP contribution in [0.3, 0.4) is 0 Å². The molecule has 0 aromatic heterocycles. The van der Waals surface area contributed by atoms with Crippen LogP contribution in [0.15, 0.2) is 18.2 Å². The highest BCUT2D eigenvalue weighted by molar-refractivity contribution is 6.34. The standard InChI is InChI=1S/C11H10ClF3N2O3/c1-17(5-11(13,14)15)10(20)16-7-4-2-3-6(12)8(7)9(18)19/h2-4H,5H2,1H3,(H,16,20)(H,18,19). The lowest BCUT2D eigenvalue weighted by molar-refractivity contribution is -0.137. The number of carboxylic acids is 1. The van der Waals surface area contributed by atoms with Gasteiger partial charge in [0.25, 0.3) is 0 Å². The molecule has 0 saturated carbocycles. The van der Waals surface area contributed by atoms with Crippen LogP contribution in [-0.4, -0.2) is 41.8 Å². The van der Waals surface area contributed by atoms with Crippen LogP contribution in [-0.2, 0) is 0 Å². The summed E-state index contributed by atoms with van der Waals surface area (Å²) in [7, 11) is 0.938. The topological polar surface area (TPSA) is 69.6 Å². The van der Waals surface area contributed by atoms with E-state index in [1.165, 1.54) is 18.2 Å². The summed E-state index contributed by atoms with van der Waals surface area (Å²) in [5.74, 6) is -1.40. The Labute approximate surface area is 116 Å². The van der Waals surface area contributed by atoms with E-state index in [1.807, 2.05) is 0 Å². The number of hydrogen-bond acceptors (Lipinski definition) is 2. The van der Waals surface area contributed by atoms with Crippen molar-refractivity contribution in [1.82, 2.24) is 4.90 Å². The summed E-state index contributed by atoms with van der Waals surface area (Å²) in [6.45, 7) is -1.46. The molecular weight excluding hydrogens is 301 g/mol. The number of carbonyl (C=O) groups excluding carboxylic acids is 1. The van der Waals surface area contributed by atoms with Crippen LogP contribution in [0, 0.1) is 0 Å². The first-order chi connectivity index (χ1) is 9.11. The second-order valence-corrected chi connectivity index (χ2v) is 4.28. The van der Waals surface area contributed by atoms with Gasteiger partial charge in [0.2, 0.25) is 0 Å². The van der Waals surface area contributed by atoms with Crippen LogP contribution in [0.5, 0.6) is 0 Å². The number of nitrogens with zero attached hydrogens (tertiary/aromatic N) is 1. The van der Waals surface area contributed by atoms with Gasteiger partial charge in [0.15, 0.2) is 0 Å². The first-order valence-corrected chi connectivity index (χ1v) is 5.60. The third-order valence-corrected chi connectivity index (χ3v) is 2.55. The Morgan fingerprint density at radius 2 is 2.00 bits per heavy atom. The molecule has 1 aromatic carbocycles. The number of anilines is 1. The molecule has 0 unspecified atom stereocenters. The van der Waals surface area contributed by atoms with Crippen LogP contribution >= 0.6 is 11.6 Å². The molecule has 0 bridgehead atoms. The van der Waals surface area contributed by atoms with E-state index in [9.17, 15) is 22.8 Å². The third kappa shape index (κ3) is 4.30. The van der Waals surface area contributed by atoms with Gasteiger partial charge >= 0.3 is 18.2 Å². The second-order valence-electron chi connectivity index (χ2n) is 3.87. The summed E-state index contributed by atoms with van der Waals surface area (Å²) in [5.41, 5.74) is -0.563. The fourth-order valence-electron chi connectivity index (χ4n) is 1.40. The molecule has 0 aliphatic rings. The van der Waals surface area contributed by atoms with Crippen molar-refractivity contribution < 1.29 is 27.9 Å². The predicted octanol–water partition coefficient (Wildman–Crippen LogP) is 3.06. The van der Waals surface area contributed by atoms with Crippen molar-refractivity contribution in [2.24, 2.45) is 0 Å². The van der Waals surface area contributed by atoms with Gasteiger partial charge in [-0.3, -0.25) is 0 Å². The number of nitrogens with one attached hydrogen (secondary N) is 1. The zero-order valence-corrected chi connectivity index (χ0v) is 10.9. The van der Waals surface area contributed by atoms with Gasteiger partial charge in [-0.2, -0.15) is 13.2 Å². The van der Waals surface area contributed by atoms with E-state index in [-0.39, 0.29) is 16.3 Å². The van der Waals surface area contributed by atoms with Gasteiger partial charge in [-0.05, 0) is 12.1 Å². The number of carboxylic acid groups (broad SMARTS) is 1. The summed E-state index contributed by atoms with van der Waals surface area (Å²) < 4.78 is 36.4. The number of carbonyl (C=O) groups is 2. The van der Waals surface area contributed by atoms with E-state index in [2.05, 4.69) is 5.32 Å². The van der Waals surface area contributed by atoms with Crippen molar-refractivity contribution in [3.63, 3.8) is 0 Å². The number of aromatic carboxylic acids is 1. The molecule has 0 fully saturated rings. The monoisotopic (exact) mass is 310 g/mol. The van der Waals surface area contributed by atoms with Gasteiger partial charge in [0, 0.05) is 7.05 Å². The summed E-state index contributed by atoms with van der Waals surface area (Å²) in [6, 6.07) is 2.80. The Balaban J connectivity index is 2.91. The molecule has 9 heteroatoms. The van der Waals surface area contributed by atoms with Crippen molar-refractivity contribution in [2.45, 2.75) is 6.18 Å². The smallest absolute Gasteiger partial charge is 0.406 e. The highest BCUT2D eigenvalue weighted by atomic mass is 35.5. The Bertz CT molecular complexity index is 534. The van der Waals surface area contributed by atoms with Gasteiger partial charge in [0.1, 0.15) is 12.1 Å². The van der Waals surface area contributed by atoms with E-state index < -0.39 is 24.7 Å². The Kier molecular flexibility index (Phi) is 4.83. The van der Waals surface area contributed by atoms with Crippen LogP contribution < -0.4 is 5.32 Å². The Hall–Kier alpha value is -1.96. The minimum atomic E-state index is -4.55. The van der Waals surface area contributed by atoms with Crippen LogP contribution in [0.4, 0.5) is 23.7 Å². The average Bonchev–Trinajstić information content (AvgIpc) is 2.25. The summed E-state index contributed by atoms with van der Waals surface area (Å²) >= 11 is 5.67. The highest BCUT2D eigenvalue weighted by Gasteiger charge is 2.31. The minimum absolute atomic E-state index is 0.131. The lowest BCUT2D eigenvalue weighted by Gasteiger charge is -2.20. The van der Waals surface area contributed by atoms with Gasteiger partial charge in [-0.15, -0.1) is 0 Å². The number of urea groups is 1. The molecular formula is C11H10ClF3N2O3. The molecule has 0 saturated heterocycles. The van der Waals surface area contributed by atoms with Gasteiger partial charge in [-0.1, -0.05) is 17.7 Å². The highest BCUT2D eigenvalue weighted by Crippen LogP contribution is 2.25. The summed E-state index contributed by atoms with van der Waals surface area (Å²) in [4.78, 5) is 22.9. The second kappa shape index (κ2) is 6.00.